The number of fused-ring (bicyclic) bond motifs is 1. The van der Waals surface area contributed by atoms with Crippen LogP contribution in [0.3, 0.4) is 0 Å². The van der Waals surface area contributed by atoms with Gasteiger partial charge >= 0.3 is 5.97 Å². The van der Waals surface area contributed by atoms with Gasteiger partial charge in [0.25, 0.3) is 5.91 Å². The zero-order chi connectivity index (χ0) is 18.5. The molecule has 0 saturated carbocycles. The van der Waals surface area contributed by atoms with Crippen molar-refractivity contribution in [1.82, 2.24) is 5.32 Å². The number of ether oxygens (including phenoxy) is 1. The molecule has 1 aliphatic rings. The summed E-state index contributed by atoms with van der Waals surface area (Å²) in [5, 5.41) is 3.03. The second kappa shape index (κ2) is 8.41. The summed E-state index contributed by atoms with van der Waals surface area (Å²) in [6.07, 6.45) is 4.12. The van der Waals surface area contributed by atoms with Crippen LogP contribution in [-0.2, 0) is 16.0 Å². The van der Waals surface area contributed by atoms with Crippen molar-refractivity contribution in [1.29, 1.82) is 0 Å². The topological polar surface area (TPSA) is 55.4 Å². The maximum Gasteiger partial charge on any atom is 0.338 e. The van der Waals surface area contributed by atoms with Crippen molar-refractivity contribution in [3.05, 3.63) is 65.2 Å². The summed E-state index contributed by atoms with van der Waals surface area (Å²) < 4.78 is 5.34. The maximum atomic E-state index is 12.5. The van der Waals surface area contributed by atoms with E-state index in [1.165, 1.54) is 11.1 Å². The molecule has 3 rings (SSSR count). The van der Waals surface area contributed by atoms with Gasteiger partial charge in [0, 0.05) is 4.90 Å². The van der Waals surface area contributed by atoms with Gasteiger partial charge in [-0.2, -0.15) is 0 Å². The molecular formula is C21H23NO3S. The lowest BCUT2D eigenvalue weighted by atomic mass is 9.87. The lowest BCUT2D eigenvalue weighted by Gasteiger charge is -2.27. The Labute approximate surface area is 158 Å². The van der Waals surface area contributed by atoms with Gasteiger partial charge in [-0.25, -0.2) is 4.79 Å². The van der Waals surface area contributed by atoms with E-state index in [0.717, 1.165) is 24.2 Å². The predicted molar refractivity (Wildman–Crippen MR) is 103 cm³/mol. The first-order chi connectivity index (χ1) is 12.6. The average Bonchev–Trinajstić information content (AvgIpc) is 2.68. The molecule has 0 radical (unpaired) electrons. The van der Waals surface area contributed by atoms with E-state index in [4.69, 9.17) is 4.74 Å². The van der Waals surface area contributed by atoms with Gasteiger partial charge in [0.15, 0.2) is 6.10 Å². The molecule has 0 aliphatic heterocycles. The number of amides is 1. The van der Waals surface area contributed by atoms with E-state index in [-0.39, 0.29) is 11.9 Å². The molecule has 4 nitrogen and oxygen atoms in total. The van der Waals surface area contributed by atoms with E-state index < -0.39 is 12.1 Å². The van der Waals surface area contributed by atoms with Crippen molar-refractivity contribution in [2.45, 2.75) is 43.2 Å². The molecule has 26 heavy (non-hydrogen) atoms. The lowest BCUT2D eigenvalue weighted by Crippen LogP contribution is -2.39. The molecule has 0 bridgehead atoms. The number of hydrogen-bond acceptors (Lipinski definition) is 4. The molecule has 0 spiro atoms. The molecule has 0 aromatic heterocycles. The highest BCUT2D eigenvalue weighted by molar-refractivity contribution is 7.98. The summed E-state index contributed by atoms with van der Waals surface area (Å²) in [6, 6.07) is 15.3. The number of carbonyl (C=O) groups is 2. The summed E-state index contributed by atoms with van der Waals surface area (Å²) in [5.41, 5.74) is 2.89. The minimum atomic E-state index is -0.836. The van der Waals surface area contributed by atoms with Crippen molar-refractivity contribution in [2.24, 2.45) is 0 Å². The van der Waals surface area contributed by atoms with Crippen molar-refractivity contribution in [2.75, 3.05) is 6.26 Å². The van der Waals surface area contributed by atoms with Crippen LogP contribution in [0.2, 0.25) is 0 Å². The van der Waals surface area contributed by atoms with Gasteiger partial charge in [-0.1, -0.05) is 24.3 Å². The Morgan fingerprint density at radius 2 is 1.88 bits per heavy atom. The number of carbonyl (C=O) groups excluding carboxylic acids is 2. The number of rotatable bonds is 5. The lowest BCUT2D eigenvalue weighted by molar-refractivity contribution is -0.130. The standard InChI is InChI=1S/C21H23NO3S/c1-14(25-21(24)16-10-12-17(26-2)13-11-16)20(23)22-19-9-5-7-15-6-3-4-8-18(15)19/h3-4,6,8,10-14,19H,5,7,9H2,1-2H3,(H,22,23)/t14-,19+/m0/s1. The van der Waals surface area contributed by atoms with E-state index in [2.05, 4.69) is 17.4 Å². The molecule has 2 aromatic rings. The highest BCUT2D eigenvalue weighted by Crippen LogP contribution is 2.29. The van der Waals surface area contributed by atoms with Crippen molar-refractivity contribution < 1.29 is 14.3 Å². The Balaban J connectivity index is 1.60. The van der Waals surface area contributed by atoms with Crippen LogP contribution in [0.15, 0.2) is 53.4 Å². The fraction of sp³-hybridized carbons (Fsp3) is 0.333. The van der Waals surface area contributed by atoms with E-state index in [0.29, 0.717) is 5.56 Å². The molecule has 2 aromatic carbocycles. The van der Waals surface area contributed by atoms with Crippen LogP contribution >= 0.6 is 11.8 Å². The SMILES string of the molecule is CSc1ccc(C(=O)O[C@@H](C)C(=O)N[C@@H]2CCCc3ccccc32)cc1. The Hall–Kier alpha value is -2.27. The molecule has 2 atom stereocenters. The minimum absolute atomic E-state index is 0.0190. The molecule has 1 N–H and O–H groups in total. The Morgan fingerprint density at radius 1 is 1.15 bits per heavy atom. The average molecular weight is 369 g/mol. The Morgan fingerprint density at radius 3 is 2.62 bits per heavy atom. The molecule has 1 aliphatic carbocycles. The molecule has 0 unspecified atom stereocenters. The van der Waals surface area contributed by atoms with Gasteiger partial charge in [0.1, 0.15) is 0 Å². The fourth-order valence-corrected chi connectivity index (χ4v) is 3.61. The first-order valence-electron chi connectivity index (χ1n) is 8.81. The van der Waals surface area contributed by atoms with Crippen LogP contribution in [0, 0.1) is 0 Å². The third-order valence-electron chi connectivity index (χ3n) is 4.66. The molecule has 0 heterocycles. The zero-order valence-corrected chi connectivity index (χ0v) is 15.8. The highest BCUT2D eigenvalue weighted by atomic mass is 32.2. The molecule has 5 heteroatoms. The zero-order valence-electron chi connectivity index (χ0n) is 15.0. The summed E-state index contributed by atoms with van der Waals surface area (Å²) in [5.74, 6) is -0.745. The Bertz CT molecular complexity index is 788. The van der Waals surface area contributed by atoms with Crippen molar-refractivity contribution in [3.8, 4) is 0 Å². The van der Waals surface area contributed by atoms with Crippen LogP contribution in [0.1, 0.15) is 47.3 Å². The summed E-state index contributed by atoms with van der Waals surface area (Å²) in [4.78, 5) is 25.8. The molecular weight excluding hydrogens is 346 g/mol. The predicted octanol–water partition coefficient (Wildman–Crippen LogP) is 4.15. The van der Waals surface area contributed by atoms with Crippen molar-refractivity contribution >= 4 is 23.6 Å². The maximum absolute atomic E-state index is 12.5. The summed E-state index contributed by atoms with van der Waals surface area (Å²) in [7, 11) is 0. The monoisotopic (exact) mass is 369 g/mol. The van der Waals surface area contributed by atoms with Crippen LogP contribution < -0.4 is 5.32 Å². The van der Waals surface area contributed by atoms with Crippen LogP contribution in [-0.4, -0.2) is 24.2 Å². The quantitative estimate of drug-likeness (QED) is 0.635. The molecule has 0 fully saturated rings. The van der Waals surface area contributed by atoms with E-state index >= 15 is 0 Å². The largest absolute Gasteiger partial charge is 0.449 e. The first kappa shape index (κ1) is 18.5. The van der Waals surface area contributed by atoms with Gasteiger partial charge in [-0.15, -0.1) is 11.8 Å². The third kappa shape index (κ3) is 4.28. The number of aryl methyl sites for hydroxylation is 1. The molecule has 1 amide bonds. The van der Waals surface area contributed by atoms with Crippen LogP contribution in [0.4, 0.5) is 0 Å². The van der Waals surface area contributed by atoms with E-state index in [9.17, 15) is 9.59 Å². The number of nitrogens with one attached hydrogen (secondary N) is 1. The first-order valence-corrected chi connectivity index (χ1v) is 10.0. The Kier molecular flexibility index (Phi) is 5.99. The smallest absolute Gasteiger partial charge is 0.338 e. The number of thioether (sulfide) groups is 1. The number of hydrogen-bond donors (Lipinski definition) is 1. The minimum Gasteiger partial charge on any atom is -0.449 e. The van der Waals surface area contributed by atoms with Crippen molar-refractivity contribution in [3.63, 3.8) is 0 Å². The fourth-order valence-electron chi connectivity index (χ4n) is 3.20. The van der Waals surface area contributed by atoms with Gasteiger partial charge < -0.3 is 10.1 Å². The van der Waals surface area contributed by atoms with E-state index in [1.807, 2.05) is 30.5 Å². The number of esters is 1. The van der Waals surface area contributed by atoms with Gasteiger partial charge in [-0.05, 0) is 67.8 Å². The normalized spacial score (nSPS) is 17.1. The van der Waals surface area contributed by atoms with Crippen LogP contribution in [0.5, 0.6) is 0 Å². The second-order valence-electron chi connectivity index (χ2n) is 6.43. The van der Waals surface area contributed by atoms with Gasteiger partial charge in [0.2, 0.25) is 0 Å². The summed E-state index contributed by atoms with van der Waals surface area (Å²) in [6.45, 7) is 1.61. The second-order valence-corrected chi connectivity index (χ2v) is 7.31. The number of benzene rings is 2. The summed E-state index contributed by atoms with van der Waals surface area (Å²) >= 11 is 1.61. The molecule has 136 valence electrons. The van der Waals surface area contributed by atoms with Gasteiger partial charge in [-0.3, -0.25) is 4.79 Å². The molecule has 0 saturated heterocycles. The third-order valence-corrected chi connectivity index (χ3v) is 5.41. The van der Waals surface area contributed by atoms with Gasteiger partial charge in [0.05, 0.1) is 11.6 Å². The van der Waals surface area contributed by atoms with E-state index in [1.54, 1.807) is 30.8 Å². The highest BCUT2D eigenvalue weighted by Gasteiger charge is 2.25. The van der Waals surface area contributed by atoms with Crippen LogP contribution in [0.25, 0.3) is 0 Å².